The number of hydrogen-bond donors (Lipinski definition) is 0. The highest BCUT2D eigenvalue weighted by Crippen LogP contribution is 2.37. The van der Waals surface area contributed by atoms with E-state index in [1.807, 2.05) is 0 Å². The SMILES string of the molecule is CC(C)(C)[Si](C)(C)OCC(OS(C)(=O)=O)c1ccc(F)c(Cl)c1. The van der Waals surface area contributed by atoms with Crippen molar-refractivity contribution in [1.29, 1.82) is 0 Å². The van der Waals surface area contributed by atoms with Crippen molar-refractivity contribution in [2.24, 2.45) is 0 Å². The van der Waals surface area contributed by atoms with E-state index >= 15 is 0 Å². The first-order chi connectivity index (χ1) is 10.2. The maximum absolute atomic E-state index is 13.3. The lowest BCUT2D eigenvalue weighted by atomic mass is 10.1. The standard InChI is InChI=1S/C15H24ClFO4SSi/c1-15(2,3)23(5,6)20-10-14(21-22(4,18)19)11-7-8-13(17)12(16)9-11/h7-9,14H,10H2,1-6H3. The third kappa shape index (κ3) is 6.15. The Morgan fingerprint density at radius 2 is 1.87 bits per heavy atom. The Morgan fingerprint density at radius 3 is 2.30 bits per heavy atom. The molecule has 0 heterocycles. The zero-order valence-electron chi connectivity index (χ0n) is 14.3. The molecule has 1 atom stereocenters. The van der Waals surface area contributed by atoms with Crippen LogP contribution in [0.1, 0.15) is 32.4 Å². The minimum absolute atomic E-state index is 0.0247. The van der Waals surface area contributed by atoms with E-state index in [2.05, 4.69) is 33.9 Å². The second-order valence-corrected chi connectivity index (χ2v) is 13.9. The molecule has 0 radical (unpaired) electrons. The van der Waals surface area contributed by atoms with E-state index in [1.54, 1.807) is 0 Å². The van der Waals surface area contributed by atoms with Crippen LogP contribution in [0.2, 0.25) is 23.2 Å². The fourth-order valence-corrected chi connectivity index (χ4v) is 3.38. The number of rotatable bonds is 6. The summed E-state index contributed by atoms with van der Waals surface area (Å²) in [5, 5.41) is -0.111. The fraction of sp³-hybridized carbons (Fsp3) is 0.600. The molecule has 0 bridgehead atoms. The topological polar surface area (TPSA) is 52.6 Å². The predicted octanol–water partition coefficient (Wildman–Crippen LogP) is 4.52. The Morgan fingerprint density at radius 1 is 1.30 bits per heavy atom. The third-order valence-corrected chi connectivity index (χ3v) is 9.38. The van der Waals surface area contributed by atoms with Gasteiger partial charge in [0.15, 0.2) is 8.32 Å². The second-order valence-electron chi connectivity index (χ2n) is 7.03. The highest BCUT2D eigenvalue weighted by Gasteiger charge is 2.38. The fourth-order valence-electron chi connectivity index (χ4n) is 1.60. The molecular formula is C15H24ClFO4SSi. The molecule has 0 aromatic heterocycles. The van der Waals surface area contributed by atoms with Crippen LogP contribution >= 0.6 is 11.6 Å². The van der Waals surface area contributed by atoms with E-state index in [0.717, 1.165) is 6.26 Å². The Labute approximate surface area is 144 Å². The van der Waals surface area contributed by atoms with E-state index in [-0.39, 0.29) is 16.7 Å². The molecule has 0 aliphatic carbocycles. The Hall–Kier alpha value is -0.473. The highest BCUT2D eigenvalue weighted by atomic mass is 35.5. The molecule has 0 saturated carbocycles. The van der Waals surface area contributed by atoms with Crippen LogP contribution in [0.25, 0.3) is 0 Å². The quantitative estimate of drug-likeness (QED) is 0.536. The molecule has 4 nitrogen and oxygen atoms in total. The van der Waals surface area contributed by atoms with Crippen LogP contribution in [-0.4, -0.2) is 29.6 Å². The van der Waals surface area contributed by atoms with E-state index in [4.69, 9.17) is 20.2 Å². The zero-order valence-corrected chi connectivity index (χ0v) is 16.9. The molecule has 0 aliphatic heterocycles. The molecule has 0 spiro atoms. The molecule has 1 unspecified atom stereocenters. The smallest absolute Gasteiger partial charge is 0.265 e. The number of halogens is 2. The first kappa shape index (κ1) is 20.6. The van der Waals surface area contributed by atoms with Gasteiger partial charge in [-0.15, -0.1) is 0 Å². The molecule has 0 fully saturated rings. The lowest BCUT2D eigenvalue weighted by Gasteiger charge is -2.37. The summed E-state index contributed by atoms with van der Waals surface area (Å²) in [5.41, 5.74) is 0.459. The van der Waals surface area contributed by atoms with Crippen LogP contribution in [-0.2, 0) is 18.7 Å². The van der Waals surface area contributed by atoms with Gasteiger partial charge in [-0.25, -0.2) is 4.39 Å². The van der Waals surface area contributed by atoms with Gasteiger partial charge in [0.05, 0.1) is 17.9 Å². The summed E-state index contributed by atoms with van der Waals surface area (Å²) in [5.74, 6) is -0.571. The molecule has 0 aliphatic rings. The van der Waals surface area contributed by atoms with Crippen molar-refractivity contribution in [2.45, 2.75) is 45.0 Å². The first-order valence-electron chi connectivity index (χ1n) is 7.20. The van der Waals surface area contributed by atoms with Crippen LogP contribution in [0.5, 0.6) is 0 Å². The minimum atomic E-state index is -3.70. The van der Waals surface area contributed by atoms with Gasteiger partial charge in [-0.2, -0.15) is 8.42 Å². The van der Waals surface area contributed by atoms with Gasteiger partial charge in [0.1, 0.15) is 11.9 Å². The van der Waals surface area contributed by atoms with E-state index in [9.17, 15) is 12.8 Å². The maximum Gasteiger partial charge on any atom is 0.265 e. The normalized spacial score (nSPS) is 14.8. The molecular weight excluding hydrogens is 359 g/mol. The van der Waals surface area contributed by atoms with Crippen LogP contribution < -0.4 is 0 Å². The molecule has 0 saturated heterocycles. The Balaban J connectivity index is 3.05. The summed E-state index contributed by atoms with van der Waals surface area (Å²) in [4.78, 5) is 0. The third-order valence-electron chi connectivity index (χ3n) is 4.01. The molecule has 23 heavy (non-hydrogen) atoms. The van der Waals surface area contributed by atoms with Crippen LogP contribution in [0, 0.1) is 5.82 Å². The predicted molar refractivity (Wildman–Crippen MR) is 93.2 cm³/mol. The van der Waals surface area contributed by atoms with Crippen LogP contribution in [0.3, 0.4) is 0 Å². The van der Waals surface area contributed by atoms with Crippen LogP contribution in [0.4, 0.5) is 4.39 Å². The average molecular weight is 383 g/mol. The largest absolute Gasteiger partial charge is 0.414 e. The lowest BCUT2D eigenvalue weighted by molar-refractivity contribution is 0.127. The molecule has 132 valence electrons. The second kappa shape index (κ2) is 7.19. The summed E-state index contributed by atoms with van der Waals surface area (Å²) in [6, 6.07) is 4.00. The summed E-state index contributed by atoms with van der Waals surface area (Å²) in [6.45, 7) is 10.4. The van der Waals surface area contributed by atoms with Gasteiger partial charge in [0.25, 0.3) is 10.1 Å². The summed E-state index contributed by atoms with van der Waals surface area (Å²) >= 11 is 5.78. The summed E-state index contributed by atoms with van der Waals surface area (Å²) in [7, 11) is -5.78. The number of hydrogen-bond acceptors (Lipinski definition) is 4. The molecule has 8 heteroatoms. The van der Waals surface area contributed by atoms with Crippen molar-refractivity contribution in [1.82, 2.24) is 0 Å². The minimum Gasteiger partial charge on any atom is -0.414 e. The monoisotopic (exact) mass is 382 g/mol. The van der Waals surface area contributed by atoms with Crippen LogP contribution in [0.15, 0.2) is 18.2 Å². The average Bonchev–Trinajstić information content (AvgIpc) is 2.35. The Kier molecular flexibility index (Phi) is 6.43. The highest BCUT2D eigenvalue weighted by molar-refractivity contribution is 7.86. The van der Waals surface area contributed by atoms with Crippen molar-refractivity contribution in [3.63, 3.8) is 0 Å². The maximum atomic E-state index is 13.3. The van der Waals surface area contributed by atoms with Gasteiger partial charge in [-0.05, 0) is 35.8 Å². The Bertz CT molecular complexity index is 656. The molecule has 0 amide bonds. The van der Waals surface area contributed by atoms with Gasteiger partial charge >= 0.3 is 0 Å². The van der Waals surface area contributed by atoms with Gasteiger partial charge in [0, 0.05) is 0 Å². The molecule has 1 aromatic rings. The molecule has 1 rings (SSSR count). The van der Waals surface area contributed by atoms with Crippen molar-refractivity contribution >= 4 is 30.0 Å². The van der Waals surface area contributed by atoms with Gasteiger partial charge in [0.2, 0.25) is 0 Å². The van der Waals surface area contributed by atoms with Crippen molar-refractivity contribution in [2.75, 3.05) is 12.9 Å². The van der Waals surface area contributed by atoms with Crippen molar-refractivity contribution in [3.8, 4) is 0 Å². The van der Waals surface area contributed by atoms with E-state index < -0.39 is 30.4 Å². The van der Waals surface area contributed by atoms with E-state index in [1.165, 1.54) is 18.2 Å². The van der Waals surface area contributed by atoms with Crippen molar-refractivity contribution < 1.29 is 21.4 Å². The van der Waals surface area contributed by atoms with Crippen molar-refractivity contribution in [3.05, 3.63) is 34.6 Å². The zero-order chi connectivity index (χ0) is 18.1. The molecule has 1 aromatic carbocycles. The molecule has 0 N–H and O–H groups in total. The lowest BCUT2D eigenvalue weighted by Crippen LogP contribution is -2.42. The number of benzene rings is 1. The summed E-state index contributed by atoms with van der Waals surface area (Å²) < 4.78 is 47.5. The van der Waals surface area contributed by atoms with E-state index in [0.29, 0.717) is 5.56 Å². The van der Waals surface area contributed by atoms with Gasteiger partial charge in [-0.3, -0.25) is 4.18 Å². The first-order valence-corrected chi connectivity index (χ1v) is 12.3. The van der Waals surface area contributed by atoms with Gasteiger partial charge < -0.3 is 4.43 Å². The summed E-state index contributed by atoms with van der Waals surface area (Å²) in [6.07, 6.45) is 0.106. The van der Waals surface area contributed by atoms with Gasteiger partial charge in [-0.1, -0.05) is 38.4 Å².